The molecule has 0 amide bonds. The Morgan fingerprint density at radius 3 is 2.58 bits per heavy atom. The van der Waals surface area contributed by atoms with E-state index in [0.29, 0.717) is 35.2 Å². The van der Waals surface area contributed by atoms with Gasteiger partial charge in [0.15, 0.2) is 5.82 Å². The summed E-state index contributed by atoms with van der Waals surface area (Å²) >= 11 is 0. The van der Waals surface area contributed by atoms with E-state index in [2.05, 4.69) is 15.5 Å². The van der Waals surface area contributed by atoms with Crippen LogP contribution >= 0.6 is 0 Å². The molecule has 1 atom stereocenters. The number of aromatic nitrogens is 4. The zero-order valence-electron chi connectivity index (χ0n) is 10.6. The number of benzene rings is 1. The van der Waals surface area contributed by atoms with E-state index in [-0.39, 0.29) is 0 Å². The fraction of sp³-hybridized carbons (Fsp3) is 0.364. The summed E-state index contributed by atoms with van der Waals surface area (Å²) in [7, 11) is -0.851. The minimum atomic E-state index is -0.851. The van der Waals surface area contributed by atoms with E-state index in [1.165, 1.54) is 0 Å². The molecule has 0 saturated heterocycles. The Kier molecular flexibility index (Phi) is 4.10. The van der Waals surface area contributed by atoms with Gasteiger partial charge in [-0.05, 0) is 28.6 Å². The molecule has 1 aromatic carbocycles. The van der Waals surface area contributed by atoms with Crippen LogP contribution in [0, 0.1) is 0 Å². The Labute approximate surface area is 113 Å². The zero-order chi connectivity index (χ0) is 13.8. The number of hydrogen-bond donors (Lipinski definition) is 2. The van der Waals surface area contributed by atoms with Crippen LogP contribution < -0.4 is 11.5 Å². The summed E-state index contributed by atoms with van der Waals surface area (Å²) in [5.41, 5.74) is 13.4. The molecular formula is C11H16N6OS. The molecule has 0 aliphatic heterocycles. The van der Waals surface area contributed by atoms with Gasteiger partial charge in [-0.2, -0.15) is 0 Å². The molecule has 1 heterocycles. The molecule has 0 aliphatic rings. The molecule has 0 aliphatic carbocycles. The maximum atomic E-state index is 11.5. The third-order valence-corrected chi connectivity index (χ3v) is 3.90. The van der Waals surface area contributed by atoms with Crippen molar-refractivity contribution in [2.75, 3.05) is 23.0 Å². The molecule has 7 nitrogen and oxygen atoms in total. The monoisotopic (exact) mass is 280 g/mol. The number of anilines is 2. The first-order chi connectivity index (χ1) is 9.10. The van der Waals surface area contributed by atoms with Crippen LogP contribution in [-0.2, 0) is 17.3 Å². The smallest absolute Gasteiger partial charge is 0.182 e. The maximum Gasteiger partial charge on any atom is 0.182 e. The van der Waals surface area contributed by atoms with Crippen molar-refractivity contribution in [1.82, 2.24) is 20.2 Å². The van der Waals surface area contributed by atoms with Crippen LogP contribution in [0.3, 0.4) is 0 Å². The highest BCUT2D eigenvalue weighted by Gasteiger charge is 2.10. The van der Waals surface area contributed by atoms with Crippen molar-refractivity contribution in [3.05, 3.63) is 18.2 Å². The molecule has 1 unspecified atom stereocenters. The van der Waals surface area contributed by atoms with Gasteiger partial charge in [0.1, 0.15) is 0 Å². The van der Waals surface area contributed by atoms with E-state index in [9.17, 15) is 4.21 Å². The van der Waals surface area contributed by atoms with E-state index in [0.717, 1.165) is 5.56 Å². The van der Waals surface area contributed by atoms with Crippen LogP contribution in [0.5, 0.6) is 0 Å². The number of rotatable bonds is 5. The van der Waals surface area contributed by atoms with Gasteiger partial charge in [0.05, 0.1) is 6.54 Å². The van der Waals surface area contributed by atoms with Crippen molar-refractivity contribution in [3.63, 3.8) is 0 Å². The summed E-state index contributed by atoms with van der Waals surface area (Å²) in [6.45, 7) is 2.38. The second kappa shape index (κ2) is 5.79. The number of nitrogens with two attached hydrogens (primary N) is 2. The lowest BCUT2D eigenvalue weighted by atomic mass is 10.1. The molecular weight excluding hydrogens is 264 g/mol. The van der Waals surface area contributed by atoms with Crippen LogP contribution in [0.2, 0.25) is 0 Å². The third kappa shape index (κ3) is 3.28. The molecule has 0 radical (unpaired) electrons. The van der Waals surface area contributed by atoms with Gasteiger partial charge >= 0.3 is 0 Å². The third-order valence-electron chi connectivity index (χ3n) is 2.62. The molecule has 0 bridgehead atoms. The van der Waals surface area contributed by atoms with Crippen LogP contribution in [0.1, 0.15) is 6.92 Å². The molecule has 2 aromatic rings. The van der Waals surface area contributed by atoms with Gasteiger partial charge in [0, 0.05) is 39.2 Å². The standard InChI is InChI=1S/C11H16N6OS/c1-2-19(18)4-3-17-11(14-15-16-17)8-5-9(12)7-10(13)6-8/h5-7H,2-4,12-13H2,1H3. The molecule has 0 saturated carbocycles. The molecule has 1 aromatic heterocycles. The van der Waals surface area contributed by atoms with Gasteiger partial charge in [0.25, 0.3) is 0 Å². The van der Waals surface area contributed by atoms with Gasteiger partial charge in [-0.1, -0.05) is 6.92 Å². The summed E-state index contributed by atoms with van der Waals surface area (Å²) in [5, 5.41) is 11.5. The van der Waals surface area contributed by atoms with Gasteiger partial charge in [-0.15, -0.1) is 5.10 Å². The van der Waals surface area contributed by atoms with Gasteiger partial charge in [0.2, 0.25) is 0 Å². The summed E-state index contributed by atoms with van der Waals surface area (Å²) in [6.07, 6.45) is 0. The molecule has 19 heavy (non-hydrogen) atoms. The Morgan fingerprint density at radius 1 is 1.26 bits per heavy atom. The van der Waals surface area contributed by atoms with E-state index < -0.39 is 10.8 Å². The lowest BCUT2D eigenvalue weighted by Gasteiger charge is -2.06. The Hall–Kier alpha value is -1.96. The lowest BCUT2D eigenvalue weighted by Crippen LogP contribution is -2.11. The van der Waals surface area contributed by atoms with Crippen molar-refractivity contribution < 1.29 is 4.21 Å². The zero-order valence-corrected chi connectivity index (χ0v) is 11.4. The summed E-state index contributed by atoms with van der Waals surface area (Å²) < 4.78 is 13.1. The minimum absolute atomic E-state index is 0.498. The van der Waals surface area contributed by atoms with Crippen molar-refractivity contribution >= 4 is 22.2 Å². The summed E-state index contributed by atoms with van der Waals surface area (Å²) in [6, 6.07) is 5.19. The van der Waals surface area contributed by atoms with E-state index in [1.54, 1.807) is 22.9 Å². The van der Waals surface area contributed by atoms with E-state index in [4.69, 9.17) is 11.5 Å². The first-order valence-electron chi connectivity index (χ1n) is 5.87. The van der Waals surface area contributed by atoms with Gasteiger partial charge in [-0.3, -0.25) is 4.21 Å². The second-order valence-electron chi connectivity index (χ2n) is 4.05. The molecule has 102 valence electrons. The molecule has 0 fully saturated rings. The van der Waals surface area contributed by atoms with Crippen molar-refractivity contribution in [1.29, 1.82) is 0 Å². The Morgan fingerprint density at radius 2 is 1.95 bits per heavy atom. The first kappa shape index (κ1) is 13.5. The quantitative estimate of drug-likeness (QED) is 0.760. The Bertz CT molecular complexity index is 576. The highest BCUT2D eigenvalue weighted by molar-refractivity contribution is 7.84. The number of tetrazole rings is 1. The van der Waals surface area contributed by atoms with E-state index >= 15 is 0 Å². The maximum absolute atomic E-state index is 11.5. The van der Waals surface area contributed by atoms with Gasteiger partial charge in [-0.25, -0.2) is 4.68 Å². The second-order valence-corrected chi connectivity index (χ2v) is 5.91. The number of nitrogens with zero attached hydrogens (tertiary/aromatic N) is 4. The summed E-state index contributed by atoms with van der Waals surface area (Å²) in [5.74, 6) is 1.72. The van der Waals surface area contributed by atoms with Crippen molar-refractivity contribution in [2.45, 2.75) is 13.5 Å². The predicted octanol–water partition coefficient (Wildman–Crippen LogP) is 0.273. The fourth-order valence-corrected chi connectivity index (χ4v) is 2.37. The largest absolute Gasteiger partial charge is 0.399 e. The average Bonchev–Trinajstić information content (AvgIpc) is 2.83. The minimum Gasteiger partial charge on any atom is -0.399 e. The normalized spacial score (nSPS) is 12.5. The van der Waals surface area contributed by atoms with Gasteiger partial charge < -0.3 is 11.5 Å². The van der Waals surface area contributed by atoms with Crippen LogP contribution in [0.25, 0.3) is 11.4 Å². The SMILES string of the molecule is CCS(=O)CCn1nnnc1-c1cc(N)cc(N)c1. The first-order valence-corrected chi connectivity index (χ1v) is 7.36. The highest BCUT2D eigenvalue weighted by Crippen LogP contribution is 2.22. The molecule has 4 N–H and O–H groups in total. The number of hydrogen-bond acceptors (Lipinski definition) is 6. The Balaban J connectivity index is 2.25. The topological polar surface area (TPSA) is 113 Å². The molecule has 8 heteroatoms. The lowest BCUT2D eigenvalue weighted by molar-refractivity contribution is 0.624. The van der Waals surface area contributed by atoms with Crippen LogP contribution in [-0.4, -0.2) is 35.9 Å². The number of aryl methyl sites for hydroxylation is 1. The molecule has 2 rings (SSSR count). The fourth-order valence-electron chi connectivity index (χ4n) is 1.70. The molecule has 0 spiro atoms. The van der Waals surface area contributed by atoms with E-state index in [1.807, 2.05) is 6.92 Å². The van der Waals surface area contributed by atoms with Crippen LogP contribution in [0.15, 0.2) is 18.2 Å². The van der Waals surface area contributed by atoms with Crippen LogP contribution in [0.4, 0.5) is 11.4 Å². The van der Waals surface area contributed by atoms with Crippen molar-refractivity contribution in [3.8, 4) is 11.4 Å². The summed E-state index contributed by atoms with van der Waals surface area (Å²) in [4.78, 5) is 0. The average molecular weight is 280 g/mol. The van der Waals surface area contributed by atoms with Crippen molar-refractivity contribution in [2.24, 2.45) is 0 Å². The highest BCUT2D eigenvalue weighted by atomic mass is 32.2. The predicted molar refractivity (Wildman–Crippen MR) is 75.6 cm³/mol. The number of nitrogen functional groups attached to an aromatic ring is 2.